The lowest BCUT2D eigenvalue weighted by atomic mass is 10.2. The van der Waals surface area contributed by atoms with Crippen molar-refractivity contribution >= 4 is 17.9 Å². The lowest BCUT2D eigenvalue weighted by molar-refractivity contribution is -0.195. The van der Waals surface area contributed by atoms with E-state index in [1.54, 1.807) is 30.3 Å². The van der Waals surface area contributed by atoms with Crippen LogP contribution in [0.3, 0.4) is 0 Å². The van der Waals surface area contributed by atoms with E-state index in [0.29, 0.717) is 5.56 Å². The molecule has 0 aromatic heterocycles. The molecule has 0 saturated carbocycles. The van der Waals surface area contributed by atoms with Crippen LogP contribution in [0.2, 0.25) is 0 Å². The standard InChI is InChI=1S/C16H18O7/c1-10(17)21-14-8-13(23-16(14)22-11(2)18)9-20-15(19)12-6-4-3-5-7-12/h3-7,13-14,16H,8-9H2,1-2H3/t13-,14+,16?/m1/s1. The van der Waals surface area contributed by atoms with E-state index in [4.69, 9.17) is 18.9 Å². The van der Waals surface area contributed by atoms with Crippen molar-refractivity contribution in [3.05, 3.63) is 35.9 Å². The maximum atomic E-state index is 11.9. The van der Waals surface area contributed by atoms with E-state index in [2.05, 4.69) is 0 Å². The predicted octanol–water partition coefficient (Wildman–Crippen LogP) is 1.45. The summed E-state index contributed by atoms with van der Waals surface area (Å²) in [6.07, 6.45) is -1.94. The van der Waals surface area contributed by atoms with Crippen LogP contribution in [0.1, 0.15) is 30.6 Å². The van der Waals surface area contributed by atoms with Crippen LogP contribution in [-0.4, -0.2) is 43.0 Å². The van der Waals surface area contributed by atoms with Crippen molar-refractivity contribution < 1.29 is 33.3 Å². The summed E-state index contributed by atoms with van der Waals surface area (Å²) in [7, 11) is 0. The van der Waals surface area contributed by atoms with Crippen LogP contribution in [0.4, 0.5) is 0 Å². The van der Waals surface area contributed by atoms with Gasteiger partial charge in [0.25, 0.3) is 0 Å². The molecule has 0 radical (unpaired) electrons. The van der Waals surface area contributed by atoms with Crippen molar-refractivity contribution in [3.8, 4) is 0 Å². The second-order valence-electron chi connectivity index (χ2n) is 5.08. The Hall–Kier alpha value is -2.41. The Kier molecular flexibility index (Phi) is 5.70. The van der Waals surface area contributed by atoms with Gasteiger partial charge in [0.2, 0.25) is 6.29 Å². The molecule has 0 N–H and O–H groups in total. The number of benzene rings is 1. The molecule has 1 aromatic carbocycles. The monoisotopic (exact) mass is 322 g/mol. The average Bonchev–Trinajstić information content (AvgIpc) is 2.86. The van der Waals surface area contributed by atoms with Gasteiger partial charge in [-0.15, -0.1) is 0 Å². The van der Waals surface area contributed by atoms with Gasteiger partial charge in [-0.2, -0.15) is 0 Å². The summed E-state index contributed by atoms with van der Waals surface area (Å²) in [4.78, 5) is 34.0. The van der Waals surface area contributed by atoms with Crippen LogP contribution in [0, 0.1) is 0 Å². The quantitative estimate of drug-likeness (QED) is 0.599. The van der Waals surface area contributed by atoms with Gasteiger partial charge in [-0.25, -0.2) is 4.79 Å². The van der Waals surface area contributed by atoms with Crippen molar-refractivity contribution in [2.75, 3.05) is 6.61 Å². The van der Waals surface area contributed by atoms with Crippen molar-refractivity contribution in [1.29, 1.82) is 0 Å². The molecule has 1 heterocycles. The number of hydrogen-bond donors (Lipinski definition) is 0. The maximum absolute atomic E-state index is 11.9. The van der Waals surface area contributed by atoms with Crippen molar-refractivity contribution in [3.63, 3.8) is 0 Å². The number of esters is 3. The Bertz CT molecular complexity index is 545. The van der Waals surface area contributed by atoms with Crippen LogP contribution >= 0.6 is 0 Å². The van der Waals surface area contributed by atoms with Crippen LogP contribution in [-0.2, 0) is 28.5 Å². The molecule has 0 bridgehead atoms. The van der Waals surface area contributed by atoms with Crippen molar-refractivity contribution in [2.24, 2.45) is 0 Å². The van der Waals surface area contributed by atoms with E-state index in [1.807, 2.05) is 0 Å². The third kappa shape index (κ3) is 5.07. The van der Waals surface area contributed by atoms with Crippen LogP contribution in [0.15, 0.2) is 30.3 Å². The first-order chi connectivity index (χ1) is 11.0. The molecule has 1 saturated heterocycles. The lowest BCUT2D eigenvalue weighted by Crippen LogP contribution is -2.30. The smallest absolute Gasteiger partial charge is 0.338 e. The summed E-state index contributed by atoms with van der Waals surface area (Å²) in [6, 6.07) is 8.54. The Balaban J connectivity index is 1.89. The summed E-state index contributed by atoms with van der Waals surface area (Å²) >= 11 is 0. The van der Waals surface area contributed by atoms with E-state index < -0.39 is 36.4 Å². The van der Waals surface area contributed by atoms with Crippen LogP contribution < -0.4 is 0 Å². The highest BCUT2D eigenvalue weighted by Gasteiger charge is 2.40. The molecule has 23 heavy (non-hydrogen) atoms. The van der Waals surface area contributed by atoms with Crippen LogP contribution in [0.5, 0.6) is 0 Å². The number of hydrogen-bond acceptors (Lipinski definition) is 7. The number of carbonyl (C=O) groups is 3. The maximum Gasteiger partial charge on any atom is 0.338 e. The highest BCUT2D eigenvalue weighted by molar-refractivity contribution is 5.89. The first-order valence-electron chi connectivity index (χ1n) is 7.17. The third-order valence-electron chi connectivity index (χ3n) is 3.13. The van der Waals surface area contributed by atoms with E-state index in [-0.39, 0.29) is 13.0 Å². The second kappa shape index (κ2) is 7.73. The number of ether oxygens (including phenoxy) is 4. The topological polar surface area (TPSA) is 88.1 Å². The van der Waals surface area contributed by atoms with Gasteiger partial charge >= 0.3 is 17.9 Å². The van der Waals surface area contributed by atoms with Crippen LogP contribution in [0.25, 0.3) is 0 Å². The van der Waals surface area contributed by atoms with E-state index in [1.165, 1.54) is 13.8 Å². The van der Waals surface area contributed by atoms with E-state index in [0.717, 1.165) is 0 Å². The van der Waals surface area contributed by atoms with Gasteiger partial charge in [0.15, 0.2) is 6.10 Å². The predicted molar refractivity (Wildman–Crippen MR) is 77.3 cm³/mol. The van der Waals surface area contributed by atoms with Gasteiger partial charge in [0.1, 0.15) is 6.61 Å². The summed E-state index contributed by atoms with van der Waals surface area (Å²) in [6.45, 7) is 2.47. The fraction of sp³-hybridized carbons (Fsp3) is 0.438. The largest absolute Gasteiger partial charge is 0.459 e. The summed E-state index contributed by atoms with van der Waals surface area (Å²) in [5.74, 6) is -1.53. The Morgan fingerprint density at radius 2 is 1.74 bits per heavy atom. The summed E-state index contributed by atoms with van der Waals surface area (Å²) in [5.41, 5.74) is 0.429. The SMILES string of the molecule is CC(=O)OC1O[C@@H](COC(=O)c2ccccc2)C[C@@H]1OC(C)=O. The molecule has 3 atom stereocenters. The van der Waals surface area contributed by atoms with Gasteiger partial charge in [0, 0.05) is 20.3 Å². The fourth-order valence-corrected chi connectivity index (χ4v) is 2.22. The number of carbonyl (C=O) groups excluding carboxylic acids is 3. The minimum atomic E-state index is -0.989. The first kappa shape index (κ1) is 17.0. The Labute approximate surface area is 133 Å². The Morgan fingerprint density at radius 3 is 2.35 bits per heavy atom. The summed E-state index contributed by atoms with van der Waals surface area (Å²) in [5, 5.41) is 0. The molecule has 7 heteroatoms. The molecular formula is C16H18O7. The van der Waals surface area contributed by atoms with Gasteiger partial charge in [0.05, 0.1) is 11.7 Å². The minimum Gasteiger partial charge on any atom is -0.459 e. The first-order valence-corrected chi connectivity index (χ1v) is 7.17. The molecule has 1 aliphatic heterocycles. The molecule has 1 fully saturated rings. The van der Waals surface area contributed by atoms with Gasteiger partial charge in [-0.05, 0) is 12.1 Å². The molecule has 2 rings (SSSR count). The van der Waals surface area contributed by atoms with Gasteiger partial charge in [-0.3, -0.25) is 9.59 Å². The molecule has 0 aliphatic carbocycles. The molecule has 1 unspecified atom stereocenters. The molecule has 1 aliphatic rings. The normalized spacial score (nSPS) is 23.1. The molecule has 0 amide bonds. The molecule has 0 spiro atoms. The van der Waals surface area contributed by atoms with E-state index >= 15 is 0 Å². The average molecular weight is 322 g/mol. The van der Waals surface area contributed by atoms with Gasteiger partial charge < -0.3 is 18.9 Å². The summed E-state index contributed by atoms with van der Waals surface area (Å²) < 4.78 is 20.7. The van der Waals surface area contributed by atoms with Crippen molar-refractivity contribution in [2.45, 2.75) is 38.8 Å². The molecular weight excluding hydrogens is 304 g/mol. The minimum absolute atomic E-state index is 0.0245. The zero-order valence-corrected chi connectivity index (χ0v) is 12.9. The highest BCUT2D eigenvalue weighted by Crippen LogP contribution is 2.25. The highest BCUT2D eigenvalue weighted by atomic mass is 16.7. The van der Waals surface area contributed by atoms with Gasteiger partial charge in [-0.1, -0.05) is 18.2 Å². The van der Waals surface area contributed by atoms with E-state index in [9.17, 15) is 14.4 Å². The zero-order valence-electron chi connectivity index (χ0n) is 12.9. The zero-order chi connectivity index (χ0) is 16.8. The molecule has 1 aromatic rings. The lowest BCUT2D eigenvalue weighted by Gasteiger charge is -2.17. The van der Waals surface area contributed by atoms with Crippen molar-refractivity contribution in [1.82, 2.24) is 0 Å². The third-order valence-corrected chi connectivity index (χ3v) is 3.13. The molecule has 124 valence electrons. The molecule has 7 nitrogen and oxygen atoms in total. The fourth-order valence-electron chi connectivity index (χ4n) is 2.22. The Morgan fingerprint density at radius 1 is 1.09 bits per heavy atom. The number of rotatable bonds is 5. The second-order valence-corrected chi connectivity index (χ2v) is 5.08.